The fraction of sp³-hybridized carbons (Fsp3) is 0.722. The summed E-state index contributed by atoms with van der Waals surface area (Å²) >= 11 is 0. The molecular formula is C18H26O. The van der Waals surface area contributed by atoms with Gasteiger partial charge in [0.2, 0.25) is 0 Å². The molecular weight excluding hydrogens is 232 g/mol. The third-order valence-electron chi connectivity index (χ3n) is 6.12. The van der Waals surface area contributed by atoms with E-state index in [4.69, 9.17) is 0 Å². The summed E-state index contributed by atoms with van der Waals surface area (Å²) in [5.74, 6) is 2.57. The highest BCUT2D eigenvalue weighted by Crippen LogP contribution is 2.50. The maximum absolute atomic E-state index is 12.9. The first kappa shape index (κ1) is 13.1. The molecule has 1 fully saturated rings. The van der Waals surface area contributed by atoms with E-state index >= 15 is 0 Å². The molecule has 0 radical (unpaired) electrons. The second kappa shape index (κ2) is 4.61. The van der Waals surface area contributed by atoms with Gasteiger partial charge in [0.15, 0.2) is 0 Å². The molecule has 0 aromatic heterocycles. The molecule has 1 heteroatoms. The number of fused-ring (bicyclic) bond motifs is 2. The van der Waals surface area contributed by atoms with Crippen LogP contribution in [0.2, 0.25) is 0 Å². The minimum atomic E-state index is 0.344. The molecule has 0 spiro atoms. The SMILES string of the molecule is CC1=C(C)C[C@@H]2C(=O)[C@H]3CC(C)=C(C)C[C@@H]3C[C@H]2C1. The Kier molecular flexibility index (Phi) is 3.19. The first-order chi connectivity index (χ1) is 8.97. The Morgan fingerprint density at radius 3 is 1.47 bits per heavy atom. The summed E-state index contributed by atoms with van der Waals surface area (Å²) in [5, 5.41) is 0. The van der Waals surface area contributed by atoms with Crippen molar-refractivity contribution in [2.75, 3.05) is 0 Å². The van der Waals surface area contributed by atoms with Crippen molar-refractivity contribution in [3.8, 4) is 0 Å². The molecule has 0 amide bonds. The number of hydrogen-bond acceptors (Lipinski definition) is 1. The zero-order valence-corrected chi connectivity index (χ0v) is 12.8. The first-order valence-corrected chi connectivity index (χ1v) is 7.81. The van der Waals surface area contributed by atoms with Gasteiger partial charge in [-0.25, -0.2) is 0 Å². The van der Waals surface area contributed by atoms with Gasteiger partial charge in [-0.05, 0) is 71.6 Å². The number of allylic oxidation sites excluding steroid dienone is 4. The molecule has 0 bridgehead atoms. The molecule has 0 saturated heterocycles. The van der Waals surface area contributed by atoms with Crippen LogP contribution in [-0.2, 0) is 4.79 Å². The monoisotopic (exact) mass is 258 g/mol. The largest absolute Gasteiger partial charge is 0.299 e. The highest BCUT2D eigenvalue weighted by molar-refractivity contribution is 5.86. The van der Waals surface area contributed by atoms with Crippen LogP contribution in [0.1, 0.15) is 59.8 Å². The van der Waals surface area contributed by atoms with Gasteiger partial charge in [-0.15, -0.1) is 0 Å². The second-order valence-electron chi connectivity index (χ2n) is 7.31. The lowest BCUT2D eigenvalue weighted by Gasteiger charge is -2.45. The molecule has 0 N–H and O–H groups in total. The van der Waals surface area contributed by atoms with Crippen LogP contribution in [0, 0.1) is 23.7 Å². The van der Waals surface area contributed by atoms with Crippen molar-refractivity contribution in [1.82, 2.24) is 0 Å². The number of carbonyl (C=O) groups is 1. The molecule has 19 heavy (non-hydrogen) atoms. The Hall–Kier alpha value is -0.850. The van der Waals surface area contributed by atoms with Gasteiger partial charge in [0.25, 0.3) is 0 Å². The maximum atomic E-state index is 12.9. The van der Waals surface area contributed by atoms with E-state index in [0.717, 1.165) is 12.8 Å². The lowest BCUT2D eigenvalue weighted by molar-refractivity contribution is -0.135. The molecule has 0 heterocycles. The van der Waals surface area contributed by atoms with Gasteiger partial charge in [0, 0.05) is 11.8 Å². The van der Waals surface area contributed by atoms with E-state index in [0.29, 0.717) is 29.5 Å². The Labute approximate surface area is 117 Å². The van der Waals surface area contributed by atoms with Crippen LogP contribution >= 0.6 is 0 Å². The fourth-order valence-corrected chi connectivity index (χ4v) is 4.59. The van der Waals surface area contributed by atoms with E-state index in [-0.39, 0.29) is 0 Å². The van der Waals surface area contributed by atoms with Crippen LogP contribution in [0.5, 0.6) is 0 Å². The minimum absolute atomic E-state index is 0.344. The number of rotatable bonds is 0. The summed E-state index contributed by atoms with van der Waals surface area (Å²) in [4.78, 5) is 12.9. The van der Waals surface area contributed by atoms with Crippen LogP contribution < -0.4 is 0 Å². The summed E-state index contributed by atoms with van der Waals surface area (Å²) in [6.07, 6.45) is 5.72. The normalized spacial score (nSPS) is 39.3. The zero-order valence-electron chi connectivity index (χ0n) is 12.8. The quantitative estimate of drug-likeness (QED) is 0.576. The van der Waals surface area contributed by atoms with Gasteiger partial charge in [0.1, 0.15) is 5.78 Å². The molecule has 0 aliphatic heterocycles. The third-order valence-corrected chi connectivity index (χ3v) is 6.12. The Bertz CT molecular complexity index is 438. The third kappa shape index (κ3) is 2.11. The van der Waals surface area contributed by atoms with Gasteiger partial charge in [-0.3, -0.25) is 4.79 Å². The summed E-state index contributed by atoms with van der Waals surface area (Å²) in [6, 6.07) is 0. The molecule has 1 nitrogen and oxygen atoms in total. The van der Waals surface area contributed by atoms with Crippen LogP contribution in [0.25, 0.3) is 0 Å². The Balaban J connectivity index is 1.87. The predicted octanol–water partition coefficient (Wildman–Crippen LogP) is 4.68. The van der Waals surface area contributed by atoms with Crippen molar-refractivity contribution in [2.45, 2.75) is 59.8 Å². The maximum Gasteiger partial charge on any atom is 0.140 e. The Morgan fingerprint density at radius 2 is 1.05 bits per heavy atom. The lowest BCUT2D eigenvalue weighted by atomic mass is 9.58. The van der Waals surface area contributed by atoms with Crippen LogP contribution in [-0.4, -0.2) is 5.78 Å². The van der Waals surface area contributed by atoms with Crippen molar-refractivity contribution in [2.24, 2.45) is 23.7 Å². The number of hydrogen-bond donors (Lipinski definition) is 0. The number of Topliss-reactive ketones (excluding diaryl/α,β-unsaturated/α-hetero) is 1. The first-order valence-electron chi connectivity index (χ1n) is 7.81. The zero-order chi connectivity index (χ0) is 13.7. The van der Waals surface area contributed by atoms with E-state index in [2.05, 4.69) is 27.7 Å². The van der Waals surface area contributed by atoms with Gasteiger partial charge in [-0.2, -0.15) is 0 Å². The molecule has 3 aliphatic carbocycles. The average molecular weight is 258 g/mol. The van der Waals surface area contributed by atoms with E-state index in [1.54, 1.807) is 11.1 Å². The highest BCUT2D eigenvalue weighted by atomic mass is 16.1. The topological polar surface area (TPSA) is 17.1 Å². The lowest BCUT2D eigenvalue weighted by Crippen LogP contribution is -2.43. The summed E-state index contributed by atoms with van der Waals surface area (Å²) < 4.78 is 0. The highest BCUT2D eigenvalue weighted by Gasteiger charge is 2.46. The average Bonchev–Trinajstić information content (AvgIpc) is 2.35. The van der Waals surface area contributed by atoms with Crippen LogP contribution in [0.3, 0.4) is 0 Å². The van der Waals surface area contributed by atoms with E-state index in [1.807, 2.05) is 0 Å². The van der Waals surface area contributed by atoms with Crippen LogP contribution in [0.15, 0.2) is 22.3 Å². The molecule has 0 aromatic carbocycles. The Morgan fingerprint density at radius 1 is 0.684 bits per heavy atom. The van der Waals surface area contributed by atoms with Crippen molar-refractivity contribution in [3.05, 3.63) is 22.3 Å². The molecule has 3 aliphatic rings. The van der Waals surface area contributed by atoms with E-state index in [9.17, 15) is 4.79 Å². The van der Waals surface area contributed by atoms with Gasteiger partial charge >= 0.3 is 0 Å². The standard InChI is InChI=1S/C18H26O/c1-10-5-14-9-15-6-11(2)13(4)8-17(15)18(19)16(14)7-12(10)3/h14-17H,5-9H2,1-4H3/t14-,15-,16+,17+/m1/s1. The van der Waals surface area contributed by atoms with Gasteiger partial charge in [0.05, 0.1) is 0 Å². The molecule has 0 aromatic rings. The minimum Gasteiger partial charge on any atom is -0.299 e. The van der Waals surface area contributed by atoms with Gasteiger partial charge < -0.3 is 0 Å². The van der Waals surface area contributed by atoms with Crippen molar-refractivity contribution in [3.63, 3.8) is 0 Å². The van der Waals surface area contributed by atoms with Crippen molar-refractivity contribution in [1.29, 1.82) is 0 Å². The molecule has 0 unspecified atom stereocenters. The van der Waals surface area contributed by atoms with E-state index < -0.39 is 0 Å². The number of ketones is 1. The summed E-state index contributed by atoms with van der Waals surface area (Å²) in [5.41, 5.74) is 6.05. The number of carbonyl (C=O) groups excluding carboxylic acids is 1. The van der Waals surface area contributed by atoms with E-state index in [1.165, 1.54) is 30.4 Å². The van der Waals surface area contributed by atoms with Crippen molar-refractivity contribution < 1.29 is 4.79 Å². The summed E-state index contributed by atoms with van der Waals surface area (Å²) in [6.45, 7) is 8.97. The molecule has 4 atom stereocenters. The molecule has 1 saturated carbocycles. The predicted molar refractivity (Wildman–Crippen MR) is 78.8 cm³/mol. The van der Waals surface area contributed by atoms with Crippen LogP contribution in [0.4, 0.5) is 0 Å². The van der Waals surface area contributed by atoms with Crippen molar-refractivity contribution >= 4 is 5.78 Å². The molecule has 3 rings (SSSR count). The molecule has 104 valence electrons. The second-order valence-corrected chi connectivity index (χ2v) is 7.31. The smallest absolute Gasteiger partial charge is 0.140 e. The fourth-order valence-electron chi connectivity index (χ4n) is 4.59. The summed E-state index contributed by atoms with van der Waals surface area (Å²) in [7, 11) is 0. The van der Waals surface area contributed by atoms with Gasteiger partial charge in [-0.1, -0.05) is 22.3 Å².